The summed E-state index contributed by atoms with van der Waals surface area (Å²) in [4.78, 5) is 13.4. The van der Waals surface area contributed by atoms with E-state index in [0.717, 1.165) is 0 Å². The van der Waals surface area contributed by atoms with Gasteiger partial charge in [-0.05, 0) is 18.6 Å². The van der Waals surface area contributed by atoms with E-state index >= 15 is 0 Å². The summed E-state index contributed by atoms with van der Waals surface area (Å²) in [6, 6.07) is 4.25. The minimum Gasteiger partial charge on any atom is -0.504 e. The summed E-state index contributed by atoms with van der Waals surface area (Å²) in [6.45, 7) is 0.739. The van der Waals surface area contributed by atoms with Crippen molar-refractivity contribution in [3.05, 3.63) is 23.8 Å². The van der Waals surface area contributed by atoms with Gasteiger partial charge in [-0.15, -0.1) is 0 Å². The van der Waals surface area contributed by atoms with Crippen LogP contribution in [-0.2, 0) is 0 Å². The monoisotopic (exact) mass is 223 g/mol. The molecule has 1 fully saturated rings. The zero-order valence-electron chi connectivity index (χ0n) is 8.63. The summed E-state index contributed by atoms with van der Waals surface area (Å²) in [5, 5.41) is 28.1. The Labute approximate surface area is 92.6 Å². The molecule has 1 aliphatic rings. The lowest BCUT2D eigenvalue weighted by Gasteiger charge is -2.16. The maximum Gasteiger partial charge on any atom is 0.257 e. The van der Waals surface area contributed by atoms with Crippen LogP contribution in [0.1, 0.15) is 16.8 Å². The average Bonchev–Trinajstić information content (AvgIpc) is 2.68. The number of aromatic hydroxyl groups is 2. The van der Waals surface area contributed by atoms with Gasteiger partial charge in [0.25, 0.3) is 5.91 Å². The highest BCUT2D eigenvalue weighted by atomic mass is 16.3. The Balaban J connectivity index is 2.24. The lowest BCUT2D eigenvalue weighted by molar-refractivity contribution is 0.0761. The number of aliphatic hydroxyl groups excluding tert-OH is 1. The van der Waals surface area contributed by atoms with Crippen molar-refractivity contribution in [3.8, 4) is 11.5 Å². The summed E-state index contributed by atoms with van der Waals surface area (Å²) in [6.07, 6.45) is 0.0501. The van der Waals surface area contributed by atoms with Crippen LogP contribution in [0.15, 0.2) is 18.2 Å². The Morgan fingerprint density at radius 3 is 2.75 bits per heavy atom. The molecule has 5 heteroatoms. The fourth-order valence-electron chi connectivity index (χ4n) is 1.80. The van der Waals surface area contributed by atoms with Crippen LogP contribution >= 0.6 is 0 Å². The number of rotatable bonds is 1. The van der Waals surface area contributed by atoms with E-state index in [0.29, 0.717) is 13.0 Å². The number of para-hydroxylation sites is 1. The summed E-state index contributed by atoms with van der Waals surface area (Å²) in [5.41, 5.74) is 0.0640. The summed E-state index contributed by atoms with van der Waals surface area (Å²) in [5.74, 6) is -1.09. The van der Waals surface area contributed by atoms with Crippen LogP contribution in [0.25, 0.3) is 0 Å². The molecule has 0 unspecified atom stereocenters. The van der Waals surface area contributed by atoms with E-state index in [-0.39, 0.29) is 23.8 Å². The quantitative estimate of drug-likeness (QED) is 0.598. The van der Waals surface area contributed by atoms with Crippen molar-refractivity contribution in [3.63, 3.8) is 0 Å². The Hall–Kier alpha value is -1.75. The predicted molar refractivity (Wildman–Crippen MR) is 56.3 cm³/mol. The van der Waals surface area contributed by atoms with Crippen LogP contribution in [0.5, 0.6) is 11.5 Å². The second kappa shape index (κ2) is 4.02. The maximum atomic E-state index is 11.9. The average molecular weight is 223 g/mol. The van der Waals surface area contributed by atoms with Crippen LogP contribution in [0, 0.1) is 0 Å². The van der Waals surface area contributed by atoms with E-state index < -0.39 is 11.9 Å². The number of nitrogens with zero attached hydrogens (tertiary/aromatic N) is 1. The van der Waals surface area contributed by atoms with Gasteiger partial charge in [-0.3, -0.25) is 4.79 Å². The lowest BCUT2D eigenvalue weighted by atomic mass is 10.1. The molecule has 0 spiro atoms. The molecule has 86 valence electrons. The highest BCUT2D eigenvalue weighted by Gasteiger charge is 2.27. The van der Waals surface area contributed by atoms with Crippen LogP contribution < -0.4 is 0 Å². The summed E-state index contributed by atoms with van der Waals surface area (Å²) >= 11 is 0. The molecule has 0 saturated carbocycles. The smallest absolute Gasteiger partial charge is 0.257 e. The zero-order chi connectivity index (χ0) is 11.7. The third-order valence-electron chi connectivity index (χ3n) is 2.70. The molecule has 16 heavy (non-hydrogen) atoms. The van der Waals surface area contributed by atoms with Gasteiger partial charge in [-0.1, -0.05) is 6.07 Å². The van der Waals surface area contributed by atoms with Crippen molar-refractivity contribution in [2.45, 2.75) is 12.5 Å². The second-order valence-electron chi connectivity index (χ2n) is 3.87. The molecule has 1 aromatic rings. The highest BCUT2D eigenvalue weighted by Crippen LogP contribution is 2.29. The molecule has 0 aliphatic carbocycles. The van der Waals surface area contributed by atoms with Crippen molar-refractivity contribution < 1.29 is 20.1 Å². The largest absolute Gasteiger partial charge is 0.504 e. The fourth-order valence-corrected chi connectivity index (χ4v) is 1.80. The zero-order valence-corrected chi connectivity index (χ0v) is 8.63. The number of carbonyl (C=O) groups is 1. The Morgan fingerprint density at radius 1 is 1.38 bits per heavy atom. The van der Waals surface area contributed by atoms with E-state index in [4.69, 9.17) is 0 Å². The highest BCUT2D eigenvalue weighted by molar-refractivity contribution is 5.97. The molecule has 1 saturated heterocycles. The number of likely N-dealkylation sites (tertiary alicyclic amines) is 1. The van der Waals surface area contributed by atoms with Crippen molar-refractivity contribution >= 4 is 5.91 Å². The van der Waals surface area contributed by atoms with E-state index in [1.165, 1.54) is 23.1 Å². The maximum absolute atomic E-state index is 11.9. The topological polar surface area (TPSA) is 81.0 Å². The number of benzene rings is 1. The van der Waals surface area contributed by atoms with Crippen molar-refractivity contribution in [2.24, 2.45) is 0 Å². The van der Waals surface area contributed by atoms with Gasteiger partial charge in [0.2, 0.25) is 0 Å². The molecule has 1 amide bonds. The van der Waals surface area contributed by atoms with Gasteiger partial charge in [0.1, 0.15) is 0 Å². The summed E-state index contributed by atoms with van der Waals surface area (Å²) in [7, 11) is 0. The van der Waals surface area contributed by atoms with Crippen molar-refractivity contribution in [1.82, 2.24) is 4.90 Å². The number of phenols is 2. The molecule has 5 nitrogen and oxygen atoms in total. The Morgan fingerprint density at radius 2 is 2.12 bits per heavy atom. The van der Waals surface area contributed by atoms with E-state index in [9.17, 15) is 20.1 Å². The minimum atomic E-state index is -0.497. The van der Waals surface area contributed by atoms with Gasteiger partial charge in [0.05, 0.1) is 11.7 Å². The van der Waals surface area contributed by atoms with Crippen LogP contribution in [0.2, 0.25) is 0 Å². The van der Waals surface area contributed by atoms with E-state index in [1.54, 1.807) is 0 Å². The molecular weight excluding hydrogens is 210 g/mol. The summed E-state index contributed by atoms with van der Waals surface area (Å²) < 4.78 is 0. The van der Waals surface area contributed by atoms with Crippen LogP contribution in [0.4, 0.5) is 0 Å². The SMILES string of the molecule is O=C(c1cccc(O)c1O)N1CC[C@H](O)C1. The number of aliphatic hydroxyl groups is 1. The standard InChI is InChI=1S/C11H13NO4/c13-7-4-5-12(6-7)11(16)8-2-1-3-9(14)10(8)15/h1-3,7,13-15H,4-6H2/t7-/m0/s1. The molecule has 1 aromatic carbocycles. The predicted octanol–water partition coefficient (Wildman–Crippen LogP) is 0.305. The molecule has 0 bridgehead atoms. The molecule has 1 heterocycles. The normalized spacial score (nSPS) is 20.1. The molecule has 1 atom stereocenters. The van der Waals surface area contributed by atoms with Gasteiger partial charge in [0.15, 0.2) is 11.5 Å². The minimum absolute atomic E-state index is 0.0640. The first-order valence-corrected chi connectivity index (χ1v) is 5.08. The first-order chi connectivity index (χ1) is 7.59. The van der Waals surface area contributed by atoms with E-state index in [1.807, 2.05) is 0 Å². The van der Waals surface area contributed by atoms with Crippen LogP contribution in [0.3, 0.4) is 0 Å². The molecule has 3 N–H and O–H groups in total. The van der Waals surface area contributed by atoms with Gasteiger partial charge in [0, 0.05) is 13.1 Å². The lowest BCUT2D eigenvalue weighted by Crippen LogP contribution is -2.29. The van der Waals surface area contributed by atoms with Gasteiger partial charge < -0.3 is 20.2 Å². The van der Waals surface area contributed by atoms with E-state index in [2.05, 4.69) is 0 Å². The third kappa shape index (κ3) is 1.81. The second-order valence-corrected chi connectivity index (χ2v) is 3.87. The van der Waals surface area contributed by atoms with Crippen molar-refractivity contribution in [1.29, 1.82) is 0 Å². The third-order valence-corrected chi connectivity index (χ3v) is 2.70. The number of hydrogen-bond donors (Lipinski definition) is 3. The number of β-amino-alcohol motifs (C(OH)–C–C–N with tert-alkyl or cyclic N) is 1. The Kier molecular flexibility index (Phi) is 2.70. The number of hydrogen-bond acceptors (Lipinski definition) is 4. The number of carbonyl (C=O) groups excluding carboxylic acids is 1. The van der Waals surface area contributed by atoms with Gasteiger partial charge in [-0.25, -0.2) is 0 Å². The molecule has 0 radical (unpaired) electrons. The molecule has 2 rings (SSSR count). The first kappa shape index (κ1) is 10.8. The first-order valence-electron chi connectivity index (χ1n) is 5.08. The number of amides is 1. The van der Waals surface area contributed by atoms with Crippen molar-refractivity contribution in [2.75, 3.05) is 13.1 Å². The van der Waals surface area contributed by atoms with Gasteiger partial charge >= 0.3 is 0 Å². The fraction of sp³-hybridized carbons (Fsp3) is 0.364. The molecule has 0 aromatic heterocycles. The van der Waals surface area contributed by atoms with Crippen LogP contribution in [-0.4, -0.2) is 45.3 Å². The Bertz CT molecular complexity index is 418. The number of phenolic OH excluding ortho intramolecular Hbond substituents is 2. The molecule has 1 aliphatic heterocycles. The molecular formula is C11H13NO4. The van der Waals surface area contributed by atoms with Gasteiger partial charge in [-0.2, -0.15) is 0 Å².